The molecule has 0 aromatic rings. The van der Waals surface area contributed by atoms with Gasteiger partial charge in [0.2, 0.25) is 5.91 Å². The molecule has 1 amide bonds. The first-order chi connectivity index (χ1) is 11.1. The molecule has 2 N–H and O–H groups in total. The highest BCUT2D eigenvalue weighted by Crippen LogP contribution is 2.11. The van der Waals surface area contributed by atoms with E-state index in [-0.39, 0.29) is 29.9 Å². The number of amides is 1. The minimum atomic E-state index is 0. The van der Waals surface area contributed by atoms with Crippen LogP contribution in [0.15, 0.2) is 4.99 Å². The number of hydrogen-bond donors (Lipinski definition) is 2. The lowest BCUT2D eigenvalue weighted by molar-refractivity contribution is -0.129. The Balaban J connectivity index is 0.00000288. The molecule has 0 saturated carbocycles. The first-order valence-corrected chi connectivity index (χ1v) is 9.09. The van der Waals surface area contributed by atoms with E-state index in [9.17, 15) is 4.79 Å². The fraction of sp³-hybridized carbons (Fsp3) is 0.882. The number of hydrogen-bond acceptors (Lipinski definition) is 3. The smallest absolute Gasteiger partial charge is 0.222 e. The lowest BCUT2D eigenvalue weighted by Gasteiger charge is -2.23. The van der Waals surface area contributed by atoms with E-state index in [1.165, 1.54) is 25.9 Å². The molecule has 2 unspecified atom stereocenters. The zero-order valence-corrected chi connectivity index (χ0v) is 17.7. The van der Waals surface area contributed by atoms with Crippen LogP contribution in [0.5, 0.6) is 0 Å². The second-order valence-electron chi connectivity index (χ2n) is 6.89. The van der Waals surface area contributed by atoms with Gasteiger partial charge in [0, 0.05) is 45.7 Å². The maximum absolute atomic E-state index is 11.7. The van der Waals surface area contributed by atoms with Crippen molar-refractivity contribution in [2.24, 2.45) is 10.9 Å². The molecule has 24 heavy (non-hydrogen) atoms. The topological polar surface area (TPSA) is 60.0 Å². The average molecular weight is 451 g/mol. The van der Waals surface area contributed by atoms with Crippen LogP contribution in [0.4, 0.5) is 0 Å². The molecule has 2 saturated heterocycles. The summed E-state index contributed by atoms with van der Waals surface area (Å²) in [5, 5.41) is 6.89. The molecule has 0 spiro atoms. The van der Waals surface area contributed by atoms with Crippen LogP contribution in [0, 0.1) is 5.92 Å². The van der Waals surface area contributed by atoms with Crippen molar-refractivity contribution in [2.75, 3.05) is 46.3 Å². The van der Waals surface area contributed by atoms with E-state index in [1.54, 1.807) is 0 Å². The number of aliphatic imine (C=N–C) groups is 1. The number of nitrogens with zero attached hydrogens (tertiary/aromatic N) is 3. The normalized spacial score (nSPS) is 23.0. The summed E-state index contributed by atoms with van der Waals surface area (Å²) in [5.41, 5.74) is 0. The molecular formula is C17H34IN5O. The highest BCUT2D eigenvalue weighted by Gasteiger charge is 2.25. The van der Waals surface area contributed by atoms with Gasteiger partial charge in [-0.15, -0.1) is 24.0 Å². The fourth-order valence-electron chi connectivity index (χ4n) is 3.46. The van der Waals surface area contributed by atoms with Crippen LogP contribution in [0.1, 0.15) is 39.5 Å². The predicted octanol–water partition coefficient (Wildman–Crippen LogP) is 1.51. The van der Waals surface area contributed by atoms with E-state index in [4.69, 9.17) is 0 Å². The van der Waals surface area contributed by atoms with E-state index in [0.717, 1.165) is 38.6 Å². The highest BCUT2D eigenvalue weighted by atomic mass is 127. The van der Waals surface area contributed by atoms with Gasteiger partial charge < -0.3 is 20.4 Å². The maximum atomic E-state index is 11.7. The Hall–Kier alpha value is -0.570. The molecule has 2 fully saturated rings. The number of carbonyl (C=O) groups excluding carboxylic acids is 1. The van der Waals surface area contributed by atoms with Gasteiger partial charge in [0.25, 0.3) is 0 Å². The van der Waals surface area contributed by atoms with Crippen molar-refractivity contribution in [3.05, 3.63) is 0 Å². The Morgan fingerprint density at radius 1 is 1.29 bits per heavy atom. The molecule has 0 aromatic carbocycles. The summed E-state index contributed by atoms with van der Waals surface area (Å²) in [7, 11) is 1.81. The van der Waals surface area contributed by atoms with Gasteiger partial charge in [0.1, 0.15) is 0 Å². The Kier molecular flexibility index (Phi) is 9.95. The molecule has 2 aliphatic rings. The zero-order valence-electron chi connectivity index (χ0n) is 15.4. The summed E-state index contributed by atoms with van der Waals surface area (Å²) in [5.74, 6) is 1.71. The molecule has 2 rings (SSSR count). The van der Waals surface area contributed by atoms with Crippen molar-refractivity contribution < 1.29 is 4.79 Å². The lowest BCUT2D eigenvalue weighted by Crippen LogP contribution is -2.46. The second-order valence-corrected chi connectivity index (χ2v) is 6.89. The Morgan fingerprint density at radius 3 is 2.62 bits per heavy atom. The second kappa shape index (κ2) is 11.1. The molecule has 0 bridgehead atoms. The third-order valence-electron chi connectivity index (χ3n) is 4.79. The molecular weight excluding hydrogens is 417 g/mol. The van der Waals surface area contributed by atoms with Gasteiger partial charge >= 0.3 is 0 Å². The molecule has 6 nitrogen and oxygen atoms in total. The Bertz CT molecular complexity index is 412. The van der Waals surface area contributed by atoms with E-state index >= 15 is 0 Å². The highest BCUT2D eigenvalue weighted by molar-refractivity contribution is 14.0. The van der Waals surface area contributed by atoms with Gasteiger partial charge in [-0.2, -0.15) is 0 Å². The van der Waals surface area contributed by atoms with Crippen molar-refractivity contribution in [1.29, 1.82) is 0 Å². The van der Waals surface area contributed by atoms with Gasteiger partial charge in [-0.3, -0.25) is 9.79 Å². The molecule has 140 valence electrons. The summed E-state index contributed by atoms with van der Waals surface area (Å²) >= 11 is 0. The standard InChI is InChI=1S/C17H33N5O.HI/c1-4-16(23)22-10-7-15(13-22)20-17(18-3)19-11-14(2)12-21-8-5-6-9-21;/h14-15H,4-13H2,1-3H3,(H2,18,19,20);1H. The number of rotatable bonds is 6. The van der Waals surface area contributed by atoms with Crippen LogP contribution >= 0.6 is 24.0 Å². The van der Waals surface area contributed by atoms with Crippen LogP contribution in [0.3, 0.4) is 0 Å². The SMILES string of the molecule is CCC(=O)N1CCC(NC(=NC)NCC(C)CN2CCCC2)C1.I. The van der Waals surface area contributed by atoms with Gasteiger partial charge in [0.15, 0.2) is 5.96 Å². The third-order valence-corrected chi connectivity index (χ3v) is 4.79. The van der Waals surface area contributed by atoms with Crippen molar-refractivity contribution in [3.63, 3.8) is 0 Å². The molecule has 0 aromatic heterocycles. The summed E-state index contributed by atoms with van der Waals surface area (Å²) < 4.78 is 0. The lowest BCUT2D eigenvalue weighted by atomic mass is 10.1. The minimum absolute atomic E-state index is 0. The first-order valence-electron chi connectivity index (χ1n) is 9.09. The van der Waals surface area contributed by atoms with E-state index < -0.39 is 0 Å². The number of halogens is 1. The Morgan fingerprint density at radius 2 is 2.00 bits per heavy atom. The van der Waals surface area contributed by atoms with Gasteiger partial charge in [0.05, 0.1) is 0 Å². The van der Waals surface area contributed by atoms with Crippen LogP contribution in [0.2, 0.25) is 0 Å². The molecule has 2 aliphatic heterocycles. The largest absolute Gasteiger partial charge is 0.356 e. The van der Waals surface area contributed by atoms with E-state index in [1.807, 2.05) is 18.9 Å². The van der Waals surface area contributed by atoms with Crippen LogP contribution in [-0.2, 0) is 4.79 Å². The quantitative estimate of drug-likeness (QED) is 0.365. The van der Waals surface area contributed by atoms with E-state index in [2.05, 4.69) is 27.4 Å². The summed E-state index contributed by atoms with van der Waals surface area (Å²) in [4.78, 5) is 20.6. The van der Waals surface area contributed by atoms with Gasteiger partial charge in [-0.05, 0) is 38.3 Å². The summed E-state index contributed by atoms with van der Waals surface area (Å²) in [6.07, 6.45) is 4.28. The zero-order chi connectivity index (χ0) is 16.7. The van der Waals surface area contributed by atoms with E-state index in [0.29, 0.717) is 18.4 Å². The third kappa shape index (κ3) is 6.74. The monoisotopic (exact) mass is 451 g/mol. The molecule has 2 heterocycles. The first kappa shape index (κ1) is 21.5. The van der Waals surface area contributed by atoms with Crippen molar-refractivity contribution >= 4 is 35.8 Å². The molecule has 0 radical (unpaired) electrons. The minimum Gasteiger partial charge on any atom is -0.356 e. The summed E-state index contributed by atoms with van der Waals surface area (Å²) in [6.45, 7) is 10.4. The summed E-state index contributed by atoms with van der Waals surface area (Å²) in [6, 6.07) is 0.311. The Labute approximate surface area is 163 Å². The maximum Gasteiger partial charge on any atom is 0.222 e. The number of carbonyl (C=O) groups is 1. The van der Waals surface area contributed by atoms with Crippen molar-refractivity contribution in [1.82, 2.24) is 20.4 Å². The average Bonchev–Trinajstić information content (AvgIpc) is 3.22. The van der Waals surface area contributed by atoms with Crippen molar-refractivity contribution in [3.8, 4) is 0 Å². The number of nitrogens with one attached hydrogen (secondary N) is 2. The number of likely N-dealkylation sites (tertiary alicyclic amines) is 2. The van der Waals surface area contributed by atoms with Gasteiger partial charge in [-0.25, -0.2) is 0 Å². The van der Waals surface area contributed by atoms with Crippen LogP contribution < -0.4 is 10.6 Å². The van der Waals surface area contributed by atoms with Crippen molar-refractivity contribution in [2.45, 2.75) is 45.6 Å². The van der Waals surface area contributed by atoms with Gasteiger partial charge in [-0.1, -0.05) is 13.8 Å². The molecule has 7 heteroatoms. The fourth-order valence-corrected chi connectivity index (χ4v) is 3.46. The molecule has 0 aliphatic carbocycles. The predicted molar refractivity (Wildman–Crippen MR) is 110 cm³/mol. The van der Waals surface area contributed by atoms with Crippen LogP contribution in [0.25, 0.3) is 0 Å². The molecule has 2 atom stereocenters. The number of guanidine groups is 1. The van der Waals surface area contributed by atoms with Crippen LogP contribution in [-0.4, -0.2) is 74.0 Å².